The predicted octanol–water partition coefficient (Wildman–Crippen LogP) is 2.00. The molecule has 93 heavy (non-hydrogen) atoms. The summed E-state index contributed by atoms with van der Waals surface area (Å²) in [5, 5.41) is 0. The minimum atomic E-state index is -3.06. The zero-order chi connectivity index (χ0) is 69.9. The van der Waals surface area contributed by atoms with Crippen molar-refractivity contribution in [2.24, 2.45) is 0 Å². The van der Waals surface area contributed by atoms with E-state index in [2.05, 4.69) is 99.1 Å². The number of epoxide rings is 1. The molecule has 1 fully saturated rings. The lowest BCUT2D eigenvalue weighted by atomic mass is 10.4. The van der Waals surface area contributed by atoms with E-state index in [1.807, 2.05) is 19.6 Å². The maximum absolute atomic E-state index is 13.0. The molecule has 1 aliphatic heterocycles. The third-order valence-electron chi connectivity index (χ3n) is 12.6. The summed E-state index contributed by atoms with van der Waals surface area (Å²) in [5.74, 6) is 0. The predicted molar refractivity (Wildman–Crippen MR) is 384 cm³/mol. The van der Waals surface area contributed by atoms with E-state index in [0.717, 1.165) is 40.6 Å². The number of allylic oxidation sites excluding steroid dienone is 4. The van der Waals surface area contributed by atoms with Crippen LogP contribution in [0.1, 0.15) is 26.7 Å². The molecule has 0 spiro atoms. The fraction of sp³-hybridized carbons (Fsp3) is 0.698. The lowest BCUT2D eigenvalue weighted by molar-refractivity contribution is 0.0408. The van der Waals surface area contributed by atoms with Crippen LogP contribution in [0.25, 0.3) is 0 Å². The van der Waals surface area contributed by atoms with Crippen LogP contribution in [-0.2, 0) is 109 Å². The molecule has 3 atom stereocenters. The highest BCUT2D eigenvalue weighted by molar-refractivity contribution is 6.82. The van der Waals surface area contributed by atoms with Crippen LogP contribution >= 0.6 is 0 Å². The first kappa shape index (κ1) is 98.4. The second kappa shape index (κ2) is 49.3. The molecule has 3 heterocycles. The van der Waals surface area contributed by atoms with Gasteiger partial charge in [0.1, 0.15) is 6.10 Å². The Balaban J connectivity index is -0.000000367. The fourth-order valence-corrected chi connectivity index (χ4v) is 33.8. The molecule has 1 saturated heterocycles. The average molecular weight is 1490 g/mol. The van der Waals surface area contributed by atoms with Gasteiger partial charge in [-0.25, -0.2) is 56.2 Å². The van der Waals surface area contributed by atoms with E-state index < -0.39 is 114 Å². The van der Waals surface area contributed by atoms with Gasteiger partial charge in [-0.05, 0) is 90.4 Å². The lowest BCUT2D eigenvalue weighted by Crippen LogP contribution is -2.57. The van der Waals surface area contributed by atoms with Crippen LogP contribution < -0.4 is 34.1 Å². The number of nitrogens with zero attached hydrogens (tertiary/aromatic N) is 6. The van der Waals surface area contributed by atoms with Gasteiger partial charge in [0.2, 0.25) is 0 Å². The summed E-state index contributed by atoms with van der Waals surface area (Å²) in [7, 11) is -4.70. The van der Waals surface area contributed by atoms with E-state index in [4.69, 9.17) is 69.9 Å². The van der Waals surface area contributed by atoms with Crippen LogP contribution in [0, 0.1) is 0 Å². The van der Waals surface area contributed by atoms with E-state index in [1.54, 1.807) is 6.08 Å². The van der Waals surface area contributed by atoms with Gasteiger partial charge in [-0.1, -0.05) is 44.2 Å². The number of aromatic nitrogens is 6. The highest BCUT2D eigenvalue weighted by Crippen LogP contribution is 2.21. The highest BCUT2D eigenvalue weighted by Gasteiger charge is 2.49. The van der Waals surface area contributed by atoms with Gasteiger partial charge in [-0.3, -0.25) is 0 Å². The van der Waals surface area contributed by atoms with E-state index in [-0.39, 0.29) is 55.7 Å². The Morgan fingerprint density at radius 1 is 0.484 bits per heavy atom. The Morgan fingerprint density at radius 3 is 1.06 bits per heavy atom. The number of hydrogen-bond donors (Lipinski definition) is 0. The Kier molecular flexibility index (Phi) is 52.1. The van der Waals surface area contributed by atoms with Crippen molar-refractivity contribution in [2.45, 2.75) is 162 Å². The zero-order valence-corrected chi connectivity index (χ0v) is 69.1. The summed E-state index contributed by atoms with van der Waals surface area (Å²) >= 11 is 0. The first-order chi connectivity index (χ1) is 42.0. The molecular formula is C53H118N6O25Si9. The van der Waals surface area contributed by atoms with Gasteiger partial charge in [0.05, 0.1) is 46.0 Å². The maximum Gasteiger partial charge on any atom is 0.669 e. The second-order valence-corrected chi connectivity index (χ2v) is 51.1. The molecule has 546 valence electrons. The van der Waals surface area contributed by atoms with E-state index in [9.17, 15) is 28.8 Å². The van der Waals surface area contributed by atoms with Crippen molar-refractivity contribution in [3.63, 3.8) is 0 Å². The van der Waals surface area contributed by atoms with E-state index in [1.165, 1.54) is 88.3 Å². The maximum atomic E-state index is 13.0. The molecular weight excluding hydrogens is 1370 g/mol. The molecule has 31 nitrogen and oxygen atoms in total. The normalized spacial score (nSPS) is 13.7. The molecule has 1 aliphatic rings. The Morgan fingerprint density at radius 2 is 0.806 bits per heavy atom. The van der Waals surface area contributed by atoms with Crippen LogP contribution in [0.5, 0.6) is 0 Å². The molecule has 0 bridgehead atoms. The summed E-state index contributed by atoms with van der Waals surface area (Å²) in [6.45, 7) is 47.9. The zero-order valence-electron chi connectivity index (χ0n) is 59.7. The highest BCUT2D eigenvalue weighted by atomic mass is 28.5. The standard InChI is InChI=1S/C18H35N3O9Si2.C12H15N3O3.C9H28O6Si4.C8H24O2Si3.C6H10O2.3H2O/c1-8-11-19-16(22)20(12-9-14-31(25-2,26-3)27-4)18(24)21(17(19)23)13-10-15-32(28-5,29-6)30-7;1-4-7-13-10(16)14(8-5-2)12(18)15(9-6-3)11(13)17;1-10-19(11-2,12-3)15-18(8,9)14-16(4)13-17(5,6)7;1-8(2)12(5)10-13(6,7)9-11(3)4;1-2-3-7-4-6-5-8-6;;;/h8H,1,9-15H2,2-7H3;4-6H,1-3,7-9H2;16H,1-9H3;8,11-12H,1-7H3;2,6H,1,3-5H2;3*1H2. The third kappa shape index (κ3) is 36.2. The minimum Gasteiger partial charge on any atom is -0.440 e. The Hall–Kier alpha value is -3.29. The molecule has 0 radical (unpaired) electrons. The number of hydrogen-bond acceptors (Lipinski definition) is 22. The molecule has 3 rings (SSSR count). The first-order valence-corrected chi connectivity index (χ1v) is 51.2. The van der Waals surface area contributed by atoms with Gasteiger partial charge in [0.15, 0.2) is 26.4 Å². The summed E-state index contributed by atoms with van der Waals surface area (Å²) in [5.41, 5.74) is -3.33. The first-order valence-electron chi connectivity index (χ1n) is 29.5. The molecule has 0 amide bonds. The summed E-state index contributed by atoms with van der Waals surface area (Å²) in [6, 6.07) is 0.791. The van der Waals surface area contributed by atoms with Crippen molar-refractivity contribution >= 4 is 79.5 Å². The van der Waals surface area contributed by atoms with Crippen molar-refractivity contribution in [1.29, 1.82) is 0 Å². The molecule has 6 N–H and O–H groups in total. The van der Waals surface area contributed by atoms with Crippen LogP contribution in [0.3, 0.4) is 0 Å². The van der Waals surface area contributed by atoms with Crippen LogP contribution in [0.4, 0.5) is 0 Å². The number of rotatable bonds is 40. The van der Waals surface area contributed by atoms with Crippen LogP contribution in [0.2, 0.25) is 89.6 Å². The topological polar surface area (TPSA) is 377 Å². The third-order valence-corrected chi connectivity index (χ3v) is 40.2. The molecule has 0 saturated carbocycles. The van der Waals surface area contributed by atoms with Crippen LogP contribution in [0.15, 0.2) is 92.0 Å². The van der Waals surface area contributed by atoms with Gasteiger partial charge < -0.3 is 86.3 Å². The van der Waals surface area contributed by atoms with Crippen molar-refractivity contribution in [1.82, 2.24) is 27.4 Å². The van der Waals surface area contributed by atoms with Crippen molar-refractivity contribution in [3.8, 4) is 0 Å². The summed E-state index contributed by atoms with van der Waals surface area (Å²) in [4.78, 5) is 74.5. The largest absolute Gasteiger partial charge is 0.669 e. The van der Waals surface area contributed by atoms with Gasteiger partial charge in [0.25, 0.3) is 9.28 Å². The Bertz CT molecular complexity index is 2600. The smallest absolute Gasteiger partial charge is 0.440 e. The van der Waals surface area contributed by atoms with Gasteiger partial charge in [-0.15, -0.1) is 32.9 Å². The average Bonchev–Trinajstić information content (AvgIpc) is 1.13. The van der Waals surface area contributed by atoms with Crippen LogP contribution in [-0.4, -0.2) is 213 Å². The quantitative estimate of drug-likeness (QED) is 0.0398. The van der Waals surface area contributed by atoms with Gasteiger partial charge >= 0.3 is 77.9 Å². The summed E-state index contributed by atoms with van der Waals surface area (Å²) < 4.78 is 93.9. The van der Waals surface area contributed by atoms with Crippen molar-refractivity contribution in [2.75, 3.05) is 83.8 Å². The lowest BCUT2D eigenvalue weighted by Gasteiger charge is -2.34. The summed E-state index contributed by atoms with van der Waals surface area (Å²) in [6.07, 6.45) is 8.58. The fourth-order valence-electron chi connectivity index (χ4n) is 8.16. The van der Waals surface area contributed by atoms with Gasteiger partial charge in [0, 0.05) is 89.2 Å². The van der Waals surface area contributed by atoms with Crippen molar-refractivity contribution in [3.05, 3.63) is 126 Å². The molecule has 0 aliphatic carbocycles. The molecule has 2 aromatic rings. The minimum absolute atomic E-state index is 0. The number of ether oxygens (including phenoxy) is 2. The Labute approximate surface area is 562 Å². The van der Waals surface area contributed by atoms with E-state index in [0.29, 0.717) is 43.2 Å². The molecule has 40 heteroatoms. The SMILES string of the molecule is C=CCOCC1CO1.C=CCn1c(=O)n(CC=C)c(=O)n(CC=C)c1=O.C=CCn1c(=O)n(CCC[Si](OC)(OC)OC)c(=O)n(CCC[Si](OC)(OC)OC)c1=O.CC(C)[SiH](C)O[Si](C)(C)O[SiH](C)C.CO[Si](OC)(OC)O[Si](C)(C)O[SiH](C)O[Si](C)(C)C.O.O.O. The second-order valence-electron chi connectivity index (χ2n) is 22.3. The van der Waals surface area contributed by atoms with E-state index >= 15 is 0 Å². The molecule has 3 unspecified atom stereocenters. The monoisotopic (exact) mass is 1490 g/mol. The molecule has 2 aromatic heterocycles. The van der Waals surface area contributed by atoms with Crippen molar-refractivity contribution < 1.29 is 86.3 Å². The molecule has 0 aromatic carbocycles. The van der Waals surface area contributed by atoms with Gasteiger partial charge in [-0.2, -0.15) is 0 Å².